The lowest BCUT2D eigenvalue weighted by Gasteiger charge is -2.29. The molecule has 4 rings (SSSR count). The molecule has 1 aliphatic heterocycles. The molecule has 2 aromatic carbocycles. The van der Waals surface area contributed by atoms with Gasteiger partial charge in [-0.25, -0.2) is 4.79 Å². The van der Waals surface area contributed by atoms with Crippen molar-refractivity contribution in [2.24, 2.45) is 0 Å². The number of rotatable bonds is 8. The first-order valence-electron chi connectivity index (χ1n) is 11.0. The molecule has 3 amide bonds. The van der Waals surface area contributed by atoms with Gasteiger partial charge in [-0.1, -0.05) is 36.4 Å². The second kappa shape index (κ2) is 10.5. The molecule has 2 heterocycles. The fraction of sp³-hybridized carbons (Fsp3) is 0.192. The third kappa shape index (κ3) is 5.35. The number of aromatic nitrogens is 1. The first-order chi connectivity index (χ1) is 16.5. The number of urea groups is 1. The summed E-state index contributed by atoms with van der Waals surface area (Å²) in [4.78, 5) is 29.5. The van der Waals surface area contributed by atoms with Crippen LogP contribution in [0.15, 0.2) is 84.3 Å². The Morgan fingerprint density at radius 2 is 1.88 bits per heavy atom. The summed E-state index contributed by atoms with van der Waals surface area (Å²) in [5, 5.41) is 8.37. The van der Waals surface area contributed by atoms with Gasteiger partial charge < -0.3 is 25.4 Å². The van der Waals surface area contributed by atoms with Crippen LogP contribution >= 0.6 is 0 Å². The molecular formula is C26H26N4O4. The summed E-state index contributed by atoms with van der Waals surface area (Å²) in [6.45, 7) is 4.41. The van der Waals surface area contributed by atoms with Crippen LogP contribution in [0.5, 0.6) is 11.5 Å². The van der Waals surface area contributed by atoms with E-state index in [2.05, 4.69) is 20.9 Å². The number of amides is 3. The minimum atomic E-state index is -0.673. The van der Waals surface area contributed by atoms with E-state index in [0.717, 1.165) is 5.56 Å². The molecule has 0 bridgehead atoms. The smallest absolute Gasteiger partial charge is 0.319 e. The number of pyridine rings is 1. The highest BCUT2D eigenvalue weighted by molar-refractivity contribution is 6.06. The van der Waals surface area contributed by atoms with Crippen molar-refractivity contribution in [3.63, 3.8) is 0 Å². The number of anilines is 1. The zero-order valence-corrected chi connectivity index (χ0v) is 19.0. The SMILES string of the molecule is CCOc1cc(C2NC(=O)NC(C)=C2C(=O)Nc2cccnc2)ccc1OCc1ccccc1. The first kappa shape index (κ1) is 22.8. The Bertz CT molecular complexity index is 1200. The van der Waals surface area contributed by atoms with Crippen molar-refractivity contribution < 1.29 is 19.1 Å². The molecule has 1 aliphatic rings. The van der Waals surface area contributed by atoms with E-state index in [0.29, 0.717) is 47.2 Å². The highest BCUT2D eigenvalue weighted by Crippen LogP contribution is 2.35. The lowest BCUT2D eigenvalue weighted by atomic mass is 9.94. The van der Waals surface area contributed by atoms with Gasteiger partial charge in [0.1, 0.15) is 6.61 Å². The molecule has 1 unspecified atom stereocenters. The molecule has 0 aliphatic carbocycles. The van der Waals surface area contributed by atoms with Crippen molar-refractivity contribution >= 4 is 17.6 Å². The van der Waals surface area contributed by atoms with Gasteiger partial charge in [0.2, 0.25) is 0 Å². The Morgan fingerprint density at radius 1 is 1.06 bits per heavy atom. The van der Waals surface area contributed by atoms with Crippen LogP contribution in [0.1, 0.15) is 31.0 Å². The highest BCUT2D eigenvalue weighted by atomic mass is 16.5. The Labute approximate surface area is 198 Å². The Hall–Kier alpha value is -4.33. The third-order valence-corrected chi connectivity index (χ3v) is 5.27. The maximum absolute atomic E-state index is 13.2. The minimum Gasteiger partial charge on any atom is -0.490 e. The van der Waals surface area contributed by atoms with Crippen LogP contribution in [0, 0.1) is 0 Å². The number of benzene rings is 2. The summed E-state index contributed by atoms with van der Waals surface area (Å²) in [6, 6.07) is 17.7. The fourth-order valence-corrected chi connectivity index (χ4v) is 3.71. The number of nitrogens with one attached hydrogen (secondary N) is 3. The number of ether oxygens (including phenoxy) is 2. The summed E-state index contributed by atoms with van der Waals surface area (Å²) in [7, 11) is 0. The molecule has 34 heavy (non-hydrogen) atoms. The summed E-state index contributed by atoms with van der Waals surface area (Å²) in [5.41, 5.74) is 3.15. The molecule has 8 nitrogen and oxygen atoms in total. The van der Waals surface area contributed by atoms with E-state index in [1.54, 1.807) is 43.6 Å². The number of nitrogens with zero attached hydrogens (tertiary/aromatic N) is 1. The van der Waals surface area contributed by atoms with Crippen LogP contribution in [0.25, 0.3) is 0 Å². The van der Waals surface area contributed by atoms with Crippen molar-refractivity contribution in [1.29, 1.82) is 0 Å². The Kier molecular flexibility index (Phi) is 7.07. The molecule has 1 atom stereocenters. The minimum absolute atomic E-state index is 0.342. The van der Waals surface area contributed by atoms with Gasteiger partial charge in [0, 0.05) is 11.9 Å². The molecule has 0 radical (unpaired) electrons. The van der Waals surface area contributed by atoms with Crippen molar-refractivity contribution in [2.75, 3.05) is 11.9 Å². The number of hydrogen-bond acceptors (Lipinski definition) is 5. The monoisotopic (exact) mass is 458 g/mol. The van der Waals surface area contributed by atoms with E-state index in [4.69, 9.17) is 9.47 Å². The lowest BCUT2D eigenvalue weighted by Crippen LogP contribution is -2.46. The maximum atomic E-state index is 13.2. The maximum Gasteiger partial charge on any atom is 0.319 e. The van der Waals surface area contributed by atoms with Gasteiger partial charge in [0.25, 0.3) is 5.91 Å². The molecule has 0 fully saturated rings. The van der Waals surface area contributed by atoms with Crippen molar-refractivity contribution in [3.05, 3.63) is 95.5 Å². The van der Waals surface area contributed by atoms with Crippen LogP contribution in [-0.4, -0.2) is 23.5 Å². The largest absolute Gasteiger partial charge is 0.490 e. The average molecular weight is 459 g/mol. The number of carbonyl (C=O) groups is 2. The predicted octanol–water partition coefficient (Wildman–Crippen LogP) is 4.33. The van der Waals surface area contributed by atoms with E-state index in [9.17, 15) is 9.59 Å². The fourth-order valence-electron chi connectivity index (χ4n) is 3.71. The second-order valence-corrected chi connectivity index (χ2v) is 7.68. The molecule has 174 valence electrons. The second-order valence-electron chi connectivity index (χ2n) is 7.68. The van der Waals surface area contributed by atoms with Crippen LogP contribution in [0.2, 0.25) is 0 Å². The van der Waals surface area contributed by atoms with E-state index >= 15 is 0 Å². The molecule has 3 N–H and O–H groups in total. The van der Waals surface area contributed by atoms with Crippen LogP contribution in [0.4, 0.5) is 10.5 Å². The zero-order chi connectivity index (χ0) is 23.9. The topological polar surface area (TPSA) is 102 Å². The number of hydrogen-bond donors (Lipinski definition) is 3. The molecular weight excluding hydrogens is 432 g/mol. The molecule has 0 saturated carbocycles. The number of allylic oxidation sites excluding steroid dienone is 1. The van der Waals surface area contributed by atoms with Gasteiger partial charge in [-0.15, -0.1) is 0 Å². The van der Waals surface area contributed by atoms with E-state index in [-0.39, 0.29) is 11.9 Å². The highest BCUT2D eigenvalue weighted by Gasteiger charge is 2.32. The third-order valence-electron chi connectivity index (χ3n) is 5.27. The summed E-state index contributed by atoms with van der Waals surface area (Å²) in [6.07, 6.45) is 3.19. The van der Waals surface area contributed by atoms with E-state index < -0.39 is 6.04 Å². The van der Waals surface area contributed by atoms with Crippen molar-refractivity contribution in [3.8, 4) is 11.5 Å². The molecule has 8 heteroatoms. The van der Waals surface area contributed by atoms with E-state index in [1.807, 2.05) is 43.3 Å². The average Bonchev–Trinajstić information content (AvgIpc) is 2.84. The molecule has 3 aromatic rings. The normalized spacial score (nSPS) is 15.2. The van der Waals surface area contributed by atoms with Crippen molar-refractivity contribution in [1.82, 2.24) is 15.6 Å². The Balaban J connectivity index is 1.62. The van der Waals surface area contributed by atoms with E-state index in [1.165, 1.54) is 0 Å². The van der Waals surface area contributed by atoms with Gasteiger partial charge in [0.05, 0.1) is 30.1 Å². The van der Waals surface area contributed by atoms with Crippen molar-refractivity contribution in [2.45, 2.75) is 26.5 Å². The summed E-state index contributed by atoms with van der Waals surface area (Å²) >= 11 is 0. The van der Waals surface area contributed by atoms with Gasteiger partial charge in [-0.3, -0.25) is 9.78 Å². The lowest BCUT2D eigenvalue weighted by molar-refractivity contribution is -0.113. The standard InChI is InChI=1S/C26H26N4O4/c1-3-33-22-14-19(11-12-21(22)34-16-18-8-5-4-6-9-18)24-23(17(2)28-26(32)30-24)25(31)29-20-10-7-13-27-15-20/h4-15,24H,3,16H2,1-2H3,(H,29,31)(H2,28,30,32). The van der Waals surface area contributed by atoms with Crippen LogP contribution in [0.3, 0.4) is 0 Å². The summed E-state index contributed by atoms with van der Waals surface area (Å²) in [5.74, 6) is 0.774. The van der Waals surface area contributed by atoms with Gasteiger partial charge in [-0.05, 0) is 49.2 Å². The van der Waals surface area contributed by atoms with Crippen LogP contribution in [-0.2, 0) is 11.4 Å². The molecule has 1 aromatic heterocycles. The predicted molar refractivity (Wildman–Crippen MR) is 128 cm³/mol. The molecule has 0 spiro atoms. The first-order valence-corrected chi connectivity index (χ1v) is 11.0. The number of carbonyl (C=O) groups excluding carboxylic acids is 2. The quantitative estimate of drug-likeness (QED) is 0.467. The zero-order valence-electron chi connectivity index (χ0n) is 19.0. The Morgan fingerprint density at radius 3 is 2.62 bits per heavy atom. The van der Waals surface area contributed by atoms with Gasteiger partial charge in [0.15, 0.2) is 11.5 Å². The van der Waals surface area contributed by atoms with Gasteiger partial charge >= 0.3 is 6.03 Å². The van der Waals surface area contributed by atoms with Gasteiger partial charge in [-0.2, -0.15) is 0 Å². The van der Waals surface area contributed by atoms with Crippen LogP contribution < -0.4 is 25.4 Å². The molecule has 0 saturated heterocycles. The summed E-state index contributed by atoms with van der Waals surface area (Å²) < 4.78 is 11.8.